The average Bonchev–Trinajstić information content (AvgIpc) is 3.15. The highest BCUT2D eigenvalue weighted by molar-refractivity contribution is 7.90. The number of hydrogen-bond donors (Lipinski definition) is 3. The van der Waals surface area contributed by atoms with E-state index in [-0.39, 0.29) is 11.6 Å². The van der Waals surface area contributed by atoms with E-state index in [1.807, 2.05) is 0 Å². The number of nitrogens with two attached hydrogens (primary N) is 1. The van der Waals surface area contributed by atoms with E-state index in [1.165, 1.54) is 0 Å². The Morgan fingerprint density at radius 1 is 1.17 bits per heavy atom. The minimum Gasteiger partial charge on any atom is -0.438 e. The third-order valence-corrected chi connectivity index (χ3v) is 6.35. The van der Waals surface area contributed by atoms with Gasteiger partial charge >= 0.3 is 0 Å². The molecule has 3 aromatic rings. The normalized spacial score (nSPS) is 14.9. The van der Waals surface area contributed by atoms with E-state index < -0.39 is 39.7 Å². The second-order valence-corrected chi connectivity index (χ2v) is 9.24. The van der Waals surface area contributed by atoms with Crippen LogP contribution in [0.3, 0.4) is 0 Å². The second kappa shape index (κ2) is 9.38. The molecule has 0 spiro atoms. The lowest BCUT2D eigenvalue weighted by atomic mass is 10.1. The Morgan fingerprint density at radius 2 is 1.83 bits per heavy atom. The van der Waals surface area contributed by atoms with Crippen molar-refractivity contribution in [3.8, 4) is 0 Å². The summed E-state index contributed by atoms with van der Waals surface area (Å²) in [4.78, 5) is 16.7. The predicted molar refractivity (Wildman–Crippen MR) is 113 cm³/mol. The van der Waals surface area contributed by atoms with Gasteiger partial charge in [0.05, 0.1) is 23.6 Å². The first kappa shape index (κ1) is 21.9. The Hall–Kier alpha value is -2.75. The molecular weight excluding hydrogens is 406 g/mol. The van der Waals surface area contributed by atoms with Crippen molar-refractivity contribution in [2.75, 3.05) is 5.75 Å². The Morgan fingerprint density at radius 3 is 2.50 bits per heavy atom. The summed E-state index contributed by atoms with van der Waals surface area (Å²) in [5, 5.41) is 13.2. The summed E-state index contributed by atoms with van der Waals surface area (Å²) < 4.78 is 30.3. The Labute approximate surface area is 175 Å². The van der Waals surface area contributed by atoms with Crippen LogP contribution in [0.4, 0.5) is 0 Å². The molecule has 1 amide bonds. The summed E-state index contributed by atoms with van der Waals surface area (Å²) in [6, 6.07) is 13.8. The standard InChI is InChI=1S/C21H25N3O5S/c1-2-16(19(25)21-24-17-10-6-7-11-18(17)29-21)23-20(26)15(22)13-30(27,28)12-14-8-4-3-5-9-14/h3-11,15-16,19,25H,2,12-13,22H2,1H3,(H,23,26)/t15?,16?,19-/m0/s1. The van der Waals surface area contributed by atoms with Gasteiger partial charge in [0.15, 0.2) is 21.5 Å². The molecule has 3 rings (SSSR count). The van der Waals surface area contributed by atoms with Crippen molar-refractivity contribution in [2.24, 2.45) is 5.73 Å². The van der Waals surface area contributed by atoms with E-state index in [4.69, 9.17) is 10.2 Å². The van der Waals surface area contributed by atoms with Crippen LogP contribution in [0.1, 0.15) is 30.9 Å². The van der Waals surface area contributed by atoms with Crippen LogP contribution in [0.15, 0.2) is 59.0 Å². The molecule has 160 valence electrons. The van der Waals surface area contributed by atoms with Gasteiger partial charge in [-0.05, 0) is 24.1 Å². The number of oxazole rings is 1. The van der Waals surface area contributed by atoms with Gasteiger partial charge in [-0.2, -0.15) is 0 Å². The maximum absolute atomic E-state index is 12.5. The minimum absolute atomic E-state index is 0.0774. The molecule has 0 saturated heterocycles. The number of benzene rings is 2. The van der Waals surface area contributed by atoms with E-state index in [2.05, 4.69) is 10.3 Å². The van der Waals surface area contributed by atoms with Crippen molar-refractivity contribution >= 4 is 26.8 Å². The molecule has 0 aliphatic heterocycles. The van der Waals surface area contributed by atoms with Gasteiger partial charge in [0.2, 0.25) is 11.8 Å². The fourth-order valence-electron chi connectivity index (χ4n) is 3.12. The van der Waals surface area contributed by atoms with Gasteiger partial charge in [0, 0.05) is 0 Å². The number of amides is 1. The molecule has 9 heteroatoms. The number of carbonyl (C=O) groups is 1. The van der Waals surface area contributed by atoms with Gasteiger partial charge in [-0.15, -0.1) is 0 Å². The predicted octanol–water partition coefficient (Wildman–Crippen LogP) is 1.70. The lowest BCUT2D eigenvalue weighted by molar-refractivity contribution is -0.123. The van der Waals surface area contributed by atoms with Crippen LogP contribution in [0, 0.1) is 0 Å². The molecule has 0 radical (unpaired) electrons. The highest BCUT2D eigenvalue weighted by atomic mass is 32.2. The van der Waals surface area contributed by atoms with Crippen LogP contribution < -0.4 is 11.1 Å². The zero-order valence-electron chi connectivity index (χ0n) is 16.6. The van der Waals surface area contributed by atoms with Crippen LogP contribution in [0.25, 0.3) is 11.1 Å². The molecule has 1 heterocycles. The summed E-state index contributed by atoms with van der Waals surface area (Å²) >= 11 is 0. The molecule has 30 heavy (non-hydrogen) atoms. The van der Waals surface area contributed by atoms with Crippen LogP contribution in [-0.2, 0) is 20.4 Å². The number of aliphatic hydroxyl groups is 1. The lowest BCUT2D eigenvalue weighted by Crippen LogP contribution is -2.50. The number of fused-ring (bicyclic) bond motifs is 1. The van der Waals surface area contributed by atoms with E-state index in [1.54, 1.807) is 61.5 Å². The Kier molecular flexibility index (Phi) is 6.86. The van der Waals surface area contributed by atoms with Crippen LogP contribution in [-0.4, -0.2) is 42.3 Å². The van der Waals surface area contributed by atoms with Crippen LogP contribution in [0.5, 0.6) is 0 Å². The van der Waals surface area contributed by atoms with E-state index >= 15 is 0 Å². The first-order valence-electron chi connectivity index (χ1n) is 9.63. The first-order valence-corrected chi connectivity index (χ1v) is 11.4. The maximum atomic E-state index is 12.5. The molecule has 0 aliphatic rings. The highest BCUT2D eigenvalue weighted by Crippen LogP contribution is 2.23. The number of para-hydroxylation sites is 2. The van der Waals surface area contributed by atoms with Gasteiger partial charge in [0.25, 0.3) is 0 Å². The Balaban J connectivity index is 1.63. The van der Waals surface area contributed by atoms with Crippen molar-refractivity contribution in [1.29, 1.82) is 0 Å². The van der Waals surface area contributed by atoms with Gasteiger partial charge in [-0.25, -0.2) is 13.4 Å². The fraction of sp³-hybridized carbons (Fsp3) is 0.333. The minimum atomic E-state index is -3.59. The fourth-order valence-corrected chi connectivity index (χ4v) is 4.64. The monoisotopic (exact) mass is 431 g/mol. The third-order valence-electron chi connectivity index (χ3n) is 4.71. The number of carbonyl (C=O) groups excluding carboxylic acids is 1. The molecule has 8 nitrogen and oxygen atoms in total. The molecule has 2 unspecified atom stereocenters. The van der Waals surface area contributed by atoms with Gasteiger partial charge in [-0.3, -0.25) is 4.79 Å². The van der Waals surface area contributed by atoms with E-state index in [0.717, 1.165) is 0 Å². The zero-order valence-corrected chi connectivity index (χ0v) is 17.4. The number of aliphatic hydroxyl groups excluding tert-OH is 1. The van der Waals surface area contributed by atoms with Crippen LogP contribution >= 0.6 is 0 Å². The molecule has 4 N–H and O–H groups in total. The molecule has 0 bridgehead atoms. The van der Waals surface area contributed by atoms with Gasteiger partial charge in [0.1, 0.15) is 5.52 Å². The molecule has 3 atom stereocenters. The molecular formula is C21H25N3O5S. The smallest absolute Gasteiger partial charge is 0.238 e. The largest absolute Gasteiger partial charge is 0.438 e. The summed E-state index contributed by atoms with van der Waals surface area (Å²) in [5.74, 6) is -1.27. The number of sulfone groups is 1. The molecule has 0 aliphatic carbocycles. The van der Waals surface area contributed by atoms with Crippen molar-refractivity contribution in [1.82, 2.24) is 10.3 Å². The molecule has 1 aromatic heterocycles. The number of nitrogens with zero attached hydrogens (tertiary/aromatic N) is 1. The highest BCUT2D eigenvalue weighted by Gasteiger charge is 2.29. The summed E-state index contributed by atoms with van der Waals surface area (Å²) in [5.41, 5.74) is 7.59. The molecule has 0 fully saturated rings. The number of aromatic nitrogens is 1. The Bertz CT molecular complexity index is 1070. The number of rotatable bonds is 9. The molecule has 2 aromatic carbocycles. The quantitative estimate of drug-likeness (QED) is 0.469. The third kappa shape index (κ3) is 5.44. The van der Waals surface area contributed by atoms with Crippen molar-refractivity contribution in [3.05, 3.63) is 66.1 Å². The number of nitrogens with one attached hydrogen (secondary N) is 1. The molecule has 0 saturated carbocycles. The topological polar surface area (TPSA) is 136 Å². The van der Waals surface area contributed by atoms with Crippen LogP contribution in [0.2, 0.25) is 0 Å². The van der Waals surface area contributed by atoms with Gasteiger partial charge in [-0.1, -0.05) is 49.4 Å². The summed E-state index contributed by atoms with van der Waals surface area (Å²) in [7, 11) is -3.59. The lowest BCUT2D eigenvalue weighted by Gasteiger charge is -2.22. The van der Waals surface area contributed by atoms with E-state index in [0.29, 0.717) is 23.1 Å². The van der Waals surface area contributed by atoms with E-state index in [9.17, 15) is 18.3 Å². The average molecular weight is 432 g/mol. The SMILES string of the molecule is CCC(NC(=O)C(N)CS(=O)(=O)Cc1ccccc1)[C@H](O)c1nc2ccccc2o1. The zero-order chi connectivity index (χ0) is 21.7. The van der Waals surface area contributed by atoms with Crippen molar-refractivity contribution < 1.29 is 22.7 Å². The van der Waals surface area contributed by atoms with Crippen molar-refractivity contribution in [2.45, 2.75) is 37.3 Å². The summed E-state index contributed by atoms with van der Waals surface area (Å²) in [6.45, 7) is 1.77. The second-order valence-electron chi connectivity index (χ2n) is 7.13. The number of hydrogen-bond acceptors (Lipinski definition) is 7. The maximum Gasteiger partial charge on any atom is 0.238 e. The first-order chi connectivity index (χ1) is 14.3. The van der Waals surface area contributed by atoms with Crippen molar-refractivity contribution in [3.63, 3.8) is 0 Å². The van der Waals surface area contributed by atoms with Gasteiger partial charge < -0.3 is 20.6 Å². The summed E-state index contributed by atoms with van der Waals surface area (Å²) in [6.07, 6.45) is -0.825.